The van der Waals surface area contributed by atoms with Gasteiger partial charge in [-0.25, -0.2) is 28.3 Å². The number of methoxy groups -OCH3 is 3. The van der Waals surface area contributed by atoms with E-state index in [0.717, 1.165) is 33.8 Å². The predicted molar refractivity (Wildman–Crippen MR) is 263 cm³/mol. The third-order valence-electron chi connectivity index (χ3n) is 13.8. The number of alkyl carbamates (subject to hydrolysis) is 2. The monoisotopic (exact) mass is 991 g/mol. The zero-order valence-corrected chi connectivity index (χ0v) is 42.1. The summed E-state index contributed by atoms with van der Waals surface area (Å²) in [5, 5.41) is 6.11. The van der Waals surface area contributed by atoms with Crippen molar-refractivity contribution in [2.24, 2.45) is 11.8 Å². The van der Waals surface area contributed by atoms with Crippen molar-refractivity contribution < 1.29 is 46.9 Å². The average molecular weight is 992 g/mol. The third kappa shape index (κ3) is 9.32. The van der Waals surface area contributed by atoms with Gasteiger partial charge in [-0.3, -0.25) is 9.59 Å². The van der Waals surface area contributed by atoms with Gasteiger partial charge in [0.1, 0.15) is 47.2 Å². The topological polar surface area (TPSA) is 198 Å². The molecule has 0 saturated carbocycles. The molecule has 0 radical (unpaired) electrons. The van der Waals surface area contributed by atoms with Crippen LogP contribution < -0.4 is 20.1 Å². The Morgan fingerprint density at radius 1 is 0.803 bits per heavy atom. The summed E-state index contributed by atoms with van der Waals surface area (Å²) >= 11 is 0. The minimum absolute atomic E-state index is 0.0181. The van der Waals surface area contributed by atoms with Crippen molar-refractivity contribution in [2.75, 3.05) is 34.0 Å². The molecular weight excluding hydrogens is 933 g/mol. The predicted octanol–water partition coefficient (Wildman–Crippen LogP) is 8.68. The first kappa shape index (κ1) is 48.8. The number of ether oxygens (including phenoxy) is 4. The molecule has 6 aromatic rings. The first-order valence-corrected chi connectivity index (χ1v) is 27.1. The number of amides is 4. The summed E-state index contributed by atoms with van der Waals surface area (Å²) in [7, 11) is 2.19. The maximum Gasteiger partial charge on any atom is 0.407 e. The number of fused-ring (bicyclic) bond motifs is 5. The van der Waals surface area contributed by atoms with Crippen LogP contribution in [0, 0.1) is 17.7 Å². The molecule has 2 saturated heterocycles. The molecule has 3 aliphatic rings. The van der Waals surface area contributed by atoms with E-state index in [4.69, 9.17) is 23.9 Å². The lowest BCUT2D eigenvalue weighted by Gasteiger charge is -2.31. The van der Waals surface area contributed by atoms with E-state index in [9.17, 15) is 19.2 Å². The second-order valence-corrected chi connectivity index (χ2v) is 25.1. The van der Waals surface area contributed by atoms with E-state index in [1.807, 2.05) is 71.8 Å². The minimum atomic E-state index is -1.87. The summed E-state index contributed by atoms with van der Waals surface area (Å²) in [6.07, 6.45) is 0.356. The SMILES string of the molecule is COC(=O)N[C@H](C(=O)N1C[C@H](F)C[C@H]1c1ncc(-c2cc(F)c3c(c2)OC(c2cccc(OC)c2)n2c-3cc3cc(-c4cnc([C@@H]5C[Si](C)(C)CN5C(=O)[C@@H](NC(=O)OC)C(C)C)[nH]4)ccc32)[nH]1)C(C)C. The van der Waals surface area contributed by atoms with Gasteiger partial charge in [0.15, 0.2) is 0 Å². The van der Waals surface area contributed by atoms with Gasteiger partial charge in [0.2, 0.25) is 18.0 Å². The van der Waals surface area contributed by atoms with Crippen LogP contribution in [0.4, 0.5) is 18.4 Å². The highest BCUT2D eigenvalue weighted by atomic mass is 28.3. The van der Waals surface area contributed by atoms with E-state index in [0.29, 0.717) is 40.5 Å². The normalized spacial score (nSPS) is 20.1. The molecule has 0 spiro atoms. The summed E-state index contributed by atoms with van der Waals surface area (Å²) in [5.41, 5.74) is 4.76. The number of alkyl halides is 1. The Bertz CT molecular complexity index is 3020. The fraction of sp³-hybridized carbons (Fsp3) is 0.412. The number of imidazole rings is 2. The first-order valence-electron chi connectivity index (χ1n) is 23.7. The number of benzene rings is 3. The van der Waals surface area contributed by atoms with Crippen molar-refractivity contribution in [3.8, 4) is 45.3 Å². The van der Waals surface area contributed by atoms with Gasteiger partial charge in [-0.2, -0.15) is 0 Å². The number of nitrogens with one attached hydrogen (secondary N) is 4. The van der Waals surface area contributed by atoms with Gasteiger partial charge in [-0.15, -0.1) is 0 Å². The number of nitrogens with zero attached hydrogens (tertiary/aromatic N) is 5. The Hall–Kier alpha value is -7.22. The van der Waals surface area contributed by atoms with Crippen molar-refractivity contribution in [3.63, 3.8) is 0 Å². The Morgan fingerprint density at radius 3 is 2.07 bits per heavy atom. The van der Waals surface area contributed by atoms with E-state index < -0.39 is 62.5 Å². The van der Waals surface area contributed by atoms with E-state index >= 15 is 8.78 Å². The Labute approximate surface area is 410 Å². The van der Waals surface area contributed by atoms with E-state index in [-0.39, 0.29) is 48.1 Å². The zero-order chi connectivity index (χ0) is 50.6. The molecule has 3 aromatic carbocycles. The minimum Gasteiger partial charge on any atom is -0.497 e. The van der Waals surface area contributed by atoms with Crippen LogP contribution in [0.5, 0.6) is 11.5 Å². The van der Waals surface area contributed by atoms with E-state index in [2.05, 4.69) is 38.7 Å². The smallest absolute Gasteiger partial charge is 0.407 e. The number of H-pyrrole nitrogens is 2. The van der Waals surface area contributed by atoms with Crippen molar-refractivity contribution in [1.82, 2.24) is 44.9 Å². The van der Waals surface area contributed by atoms with Gasteiger partial charge in [0.25, 0.3) is 0 Å². The molecule has 71 heavy (non-hydrogen) atoms. The van der Waals surface area contributed by atoms with Gasteiger partial charge in [0.05, 0.1) is 88.6 Å². The van der Waals surface area contributed by atoms with Gasteiger partial charge in [0, 0.05) is 34.7 Å². The molecule has 9 rings (SSSR count). The molecule has 0 bridgehead atoms. The lowest BCUT2D eigenvalue weighted by atomic mass is 10.0. The number of carbonyl (C=O) groups excluding carboxylic acids is 4. The second-order valence-electron chi connectivity index (χ2n) is 20.0. The Morgan fingerprint density at radius 2 is 1.44 bits per heavy atom. The van der Waals surface area contributed by atoms with Crippen LogP contribution in [0.15, 0.2) is 73.1 Å². The quantitative estimate of drug-likeness (QED) is 0.0861. The van der Waals surface area contributed by atoms with Crippen molar-refractivity contribution in [2.45, 2.75) is 89.8 Å². The van der Waals surface area contributed by atoms with Gasteiger partial charge in [-0.05, 0) is 60.3 Å². The fourth-order valence-corrected chi connectivity index (χ4v) is 13.1. The van der Waals surface area contributed by atoms with Crippen molar-refractivity contribution in [1.29, 1.82) is 0 Å². The number of halogens is 2. The van der Waals surface area contributed by atoms with Gasteiger partial charge < -0.3 is 53.9 Å². The molecule has 374 valence electrons. The molecule has 20 heteroatoms. The van der Waals surface area contributed by atoms with Crippen LogP contribution >= 0.6 is 0 Å². The van der Waals surface area contributed by atoms with Gasteiger partial charge >= 0.3 is 12.2 Å². The van der Waals surface area contributed by atoms with Crippen LogP contribution in [0.1, 0.15) is 69.6 Å². The van der Waals surface area contributed by atoms with Crippen LogP contribution in [-0.2, 0) is 19.1 Å². The third-order valence-corrected chi connectivity index (χ3v) is 16.5. The standard InChI is InChI=1S/C51H59F2N9O8Si/c1-26(2)43(58-50(65)68-6)47(63)60-23-32(52)20-39(60)45-54-22-36(57-45)30-17-34(53)42-38-18-31-15-28(13-14-37(31)62(38)49(70-41(42)19-30)29-11-10-12-33(16-29)67-5)35-21-55-46(56-35)40-24-71(8,9)25-61(40)48(64)44(27(3)4)59-51(66)69-7/h10-19,21-22,26-27,32,39-40,43-44,49H,20,23-25H2,1-9H3,(H,54,57)(H,55,56)(H,58,65)(H,59,66)/t32-,39+,40+,43+,44+,49?/m1/s1. The molecule has 3 aliphatic heterocycles. The molecule has 17 nitrogen and oxygen atoms in total. The fourth-order valence-electron chi connectivity index (χ4n) is 10.2. The summed E-state index contributed by atoms with van der Waals surface area (Å²) in [6, 6.07) is 16.5. The number of aromatic nitrogens is 5. The summed E-state index contributed by atoms with van der Waals surface area (Å²) in [4.78, 5) is 71.6. The molecule has 1 unspecified atom stereocenters. The molecule has 6 heterocycles. The number of carbonyl (C=O) groups is 4. The highest BCUT2D eigenvalue weighted by Crippen LogP contribution is 2.48. The summed E-state index contributed by atoms with van der Waals surface area (Å²) in [5.74, 6) is 0.158. The van der Waals surface area contributed by atoms with Crippen molar-refractivity contribution >= 4 is 43.0 Å². The summed E-state index contributed by atoms with van der Waals surface area (Å²) < 4.78 is 56.0. The highest BCUT2D eigenvalue weighted by Gasteiger charge is 2.46. The first-order chi connectivity index (χ1) is 33.9. The number of hydrogen-bond acceptors (Lipinski definition) is 10. The van der Waals surface area contributed by atoms with Crippen LogP contribution in [0.2, 0.25) is 19.1 Å². The average Bonchev–Trinajstić information content (AvgIpc) is 4.21. The van der Waals surface area contributed by atoms with Crippen LogP contribution in [0.25, 0.3) is 44.7 Å². The van der Waals surface area contributed by atoms with Crippen molar-refractivity contribution in [3.05, 3.63) is 96.1 Å². The number of likely N-dealkylation sites (tertiary alicyclic amines) is 1. The highest BCUT2D eigenvalue weighted by molar-refractivity contribution is 6.78. The molecule has 0 aliphatic carbocycles. The number of aromatic amines is 2. The van der Waals surface area contributed by atoms with Gasteiger partial charge in [-0.1, -0.05) is 59.0 Å². The zero-order valence-electron chi connectivity index (χ0n) is 41.1. The molecular formula is C51H59F2N9O8Si. The molecule has 4 amide bonds. The molecule has 4 N–H and O–H groups in total. The second kappa shape index (κ2) is 19.2. The summed E-state index contributed by atoms with van der Waals surface area (Å²) in [6.45, 7) is 11.6. The number of hydrogen-bond donors (Lipinski definition) is 4. The Balaban J connectivity index is 1.05. The van der Waals surface area contributed by atoms with Crippen LogP contribution in [-0.4, -0.2) is 119 Å². The van der Waals surface area contributed by atoms with E-state index in [1.54, 1.807) is 33.2 Å². The molecule has 6 atom stereocenters. The number of rotatable bonds is 12. The lowest BCUT2D eigenvalue weighted by molar-refractivity contribution is -0.136. The maximum atomic E-state index is 16.9. The largest absolute Gasteiger partial charge is 0.497 e. The molecule has 2 fully saturated rings. The Kier molecular flexibility index (Phi) is 13.2. The lowest BCUT2D eigenvalue weighted by Crippen LogP contribution is -2.52. The van der Waals surface area contributed by atoms with Crippen LogP contribution in [0.3, 0.4) is 0 Å². The molecule has 3 aromatic heterocycles. The maximum absolute atomic E-state index is 16.9. The van der Waals surface area contributed by atoms with E-state index in [1.165, 1.54) is 31.4 Å².